The van der Waals surface area contributed by atoms with Crippen LogP contribution in [0.2, 0.25) is 0 Å². The molecule has 1 fully saturated rings. The van der Waals surface area contributed by atoms with Crippen molar-refractivity contribution in [2.24, 2.45) is 0 Å². The van der Waals surface area contributed by atoms with E-state index in [2.05, 4.69) is 5.32 Å². The highest BCUT2D eigenvalue weighted by atomic mass is 16.5. The Balaban J connectivity index is 1.51. The van der Waals surface area contributed by atoms with Crippen LogP contribution in [0.25, 0.3) is 0 Å². The van der Waals surface area contributed by atoms with Crippen LogP contribution in [0.4, 0.5) is 4.79 Å². The van der Waals surface area contributed by atoms with Gasteiger partial charge in [0.15, 0.2) is 11.3 Å². The fourth-order valence-electron chi connectivity index (χ4n) is 4.94. The summed E-state index contributed by atoms with van der Waals surface area (Å²) in [6, 6.07) is 18.9. The van der Waals surface area contributed by atoms with E-state index in [0.29, 0.717) is 28.2 Å². The topological polar surface area (TPSA) is 84.9 Å². The Kier molecular flexibility index (Phi) is 5.76. The van der Waals surface area contributed by atoms with Crippen molar-refractivity contribution in [3.05, 3.63) is 94.5 Å². The van der Waals surface area contributed by atoms with Crippen LogP contribution in [-0.4, -0.2) is 43.4 Å². The lowest BCUT2D eigenvalue weighted by Crippen LogP contribution is -2.45. The van der Waals surface area contributed by atoms with Crippen LogP contribution in [0.15, 0.2) is 66.7 Å². The van der Waals surface area contributed by atoms with Crippen molar-refractivity contribution < 1.29 is 23.9 Å². The highest BCUT2D eigenvalue weighted by molar-refractivity contribution is 6.13. The van der Waals surface area contributed by atoms with Crippen LogP contribution in [0.5, 0.6) is 11.5 Å². The van der Waals surface area contributed by atoms with Crippen molar-refractivity contribution >= 4 is 17.7 Å². The van der Waals surface area contributed by atoms with Crippen molar-refractivity contribution in [2.75, 3.05) is 20.8 Å². The summed E-state index contributed by atoms with van der Waals surface area (Å²) in [4.78, 5) is 41.2. The van der Waals surface area contributed by atoms with Crippen LogP contribution < -0.4 is 14.8 Å². The Labute approximate surface area is 203 Å². The zero-order chi connectivity index (χ0) is 24.6. The zero-order valence-corrected chi connectivity index (χ0v) is 19.7. The minimum atomic E-state index is -1.48. The van der Waals surface area contributed by atoms with Gasteiger partial charge in [-0.3, -0.25) is 14.5 Å². The maximum Gasteiger partial charge on any atom is 0.325 e. The molecule has 1 aliphatic carbocycles. The molecule has 0 aromatic heterocycles. The molecule has 1 heterocycles. The van der Waals surface area contributed by atoms with E-state index in [-0.39, 0.29) is 12.3 Å². The molecule has 0 bridgehead atoms. The molecule has 3 aromatic rings. The summed E-state index contributed by atoms with van der Waals surface area (Å²) in [5.74, 6) is 0.467. The standard InChI is InChI=1S/C28H26N2O5/c1-34-23-12-8-21(9-13-23)28(22-10-14-24(35-2)15-11-22)26(32)30(27(33)29-28)17-25(31)20-7-6-18-4-3-5-19(18)16-20/h6-16H,3-5,17H2,1-2H3,(H,29,33). The summed E-state index contributed by atoms with van der Waals surface area (Å²) >= 11 is 0. The number of hydrogen-bond acceptors (Lipinski definition) is 5. The van der Waals surface area contributed by atoms with E-state index in [1.807, 2.05) is 12.1 Å². The van der Waals surface area contributed by atoms with Crippen LogP contribution in [0, 0.1) is 0 Å². The lowest BCUT2D eigenvalue weighted by atomic mass is 9.82. The maximum atomic E-state index is 13.9. The number of fused-ring (bicyclic) bond motifs is 1. The molecule has 2 aliphatic rings. The minimum Gasteiger partial charge on any atom is -0.497 e. The molecule has 5 rings (SSSR count). The quantitative estimate of drug-likeness (QED) is 0.419. The third kappa shape index (κ3) is 3.83. The third-order valence-corrected chi connectivity index (χ3v) is 6.87. The molecule has 3 amide bonds. The first-order valence-electron chi connectivity index (χ1n) is 11.5. The predicted molar refractivity (Wildman–Crippen MR) is 130 cm³/mol. The molecule has 7 heteroatoms. The number of urea groups is 1. The summed E-state index contributed by atoms with van der Waals surface area (Å²) in [5, 5.41) is 2.88. The maximum absolute atomic E-state index is 13.9. The lowest BCUT2D eigenvalue weighted by molar-refractivity contribution is -0.129. The molecule has 1 saturated heterocycles. The molecule has 35 heavy (non-hydrogen) atoms. The number of benzene rings is 3. The number of carbonyl (C=O) groups is 3. The number of hydrogen-bond donors (Lipinski definition) is 1. The minimum absolute atomic E-state index is 0.275. The number of carbonyl (C=O) groups excluding carboxylic acids is 3. The Morgan fingerprint density at radius 2 is 1.43 bits per heavy atom. The molecule has 1 aliphatic heterocycles. The number of nitrogens with one attached hydrogen (secondary N) is 1. The van der Waals surface area contributed by atoms with E-state index in [0.717, 1.165) is 24.2 Å². The Bertz CT molecular complexity index is 1250. The smallest absolute Gasteiger partial charge is 0.325 e. The monoisotopic (exact) mass is 470 g/mol. The Morgan fingerprint density at radius 3 is 2.00 bits per heavy atom. The van der Waals surface area contributed by atoms with Gasteiger partial charge in [-0.1, -0.05) is 36.4 Å². The number of rotatable bonds is 7. The molecule has 0 unspecified atom stereocenters. The number of ether oxygens (including phenoxy) is 2. The van der Waals surface area contributed by atoms with E-state index in [9.17, 15) is 14.4 Å². The van der Waals surface area contributed by atoms with Gasteiger partial charge in [0.1, 0.15) is 11.5 Å². The number of Topliss-reactive ketones (excluding diaryl/α,β-unsaturated/α-hetero) is 1. The number of ketones is 1. The molecule has 0 spiro atoms. The van der Waals surface area contributed by atoms with Gasteiger partial charge in [-0.2, -0.15) is 0 Å². The molecular weight excluding hydrogens is 444 g/mol. The van der Waals surface area contributed by atoms with Crippen LogP contribution in [0.3, 0.4) is 0 Å². The molecule has 3 aromatic carbocycles. The van der Waals surface area contributed by atoms with Gasteiger partial charge in [0.25, 0.3) is 5.91 Å². The number of methoxy groups -OCH3 is 2. The van der Waals surface area contributed by atoms with Crippen molar-refractivity contribution in [1.29, 1.82) is 0 Å². The molecule has 0 radical (unpaired) electrons. The van der Waals surface area contributed by atoms with E-state index >= 15 is 0 Å². The largest absolute Gasteiger partial charge is 0.497 e. The molecular formula is C28H26N2O5. The van der Waals surface area contributed by atoms with Gasteiger partial charge in [-0.25, -0.2) is 4.79 Å². The first kappa shape index (κ1) is 22.7. The van der Waals surface area contributed by atoms with Gasteiger partial charge in [-0.15, -0.1) is 0 Å². The summed E-state index contributed by atoms with van der Waals surface area (Å²) in [6.45, 7) is -0.336. The van der Waals surface area contributed by atoms with Crippen LogP contribution >= 0.6 is 0 Å². The van der Waals surface area contributed by atoms with Crippen molar-refractivity contribution in [2.45, 2.75) is 24.8 Å². The van der Waals surface area contributed by atoms with Gasteiger partial charge in [-0.05, 0) is 71.8 Å². The second kappa shape index (κ2) is 8.91. The highest BCUT2D eigenvalue weighted by Gasteiger charge is 2.54. The molecule has 0 saturated carbocycles. The van der Waals surface area contributed by atoms with Gasteiger partial charge < -0.3 is 14.8 Å². The zero-order valence-electron chi connectivity index (χ0n) is 19.7. The van der Waals surface area contributed by atoms with Crippen LogP contribution in [0.1, 0.15) is 39.0 Å². The third-order valence-electron chi connectivity index (χ3n) is 6.87. The number of nitrogens with zero attached hydrogens (tertiary/aromatic N) is 1. The first-order valence-corrected chi connectivity index (χ1v) is 11.5. The van der Waals surface area contributed by atoms with Crippen LogP contribution in [-0.2, 0) is 23.2 Å². The summed E-state index contributed by atoms with van der Waals surface area (Å²) in [7, 11) is 3.12. The molecule has 1 N–H and O–H groups in total. The summed E-state index contributed by atoms with van der Waals surface area (Å²) in [5.41, 5.74) is 2.59. The second-order valence-corrected chi connectivity index (χ2v) is 8.79. The van der Waals surface area contributed by atoms with Crippen molar-refractivity contribution in [1.82, 2.24) is 10.2 Å². The molecule has 178 valence electrons. The van der Waals surface area contributed by atoms with Gasteiger partial charge in [0, 0.05) is 5.56 Å². The number of imide groups is 1. The van der Waals surface area contributed by atoms with Crippen molar-refractivity contribution in [3.8, 4) is 11.5 Å². The lowest BCUT2D eigenvalue weighted by Gasteiger charge is -2.28. The molecule has 7 nitrogen and oxygen atoms in total. The number of aryl methyl sites for hydroxylation is 2. The first-order chi connectivity index (χ1) is 17.0. The average Bonchev–Trinajstić information content (AvgIpc) is 3.47. The van der Waals surface area contributed by atoms with E-state index < -0.39 is 17.5 Å². The number of amides is 3. The van der Waals surface area contributed by atoms with Crippen molar-refractivity contribution in [3.63, 3.8) is 0 Å². The highest BCUT2D eigenvalue weighted by Crippen LogP contribution is 2.37. The van der Waals surface area contributed by atoms with Gasteiger partial charge in [0.05, 0.1) is 20.8 Å². The predicted octanol–water partition coefficient (Wildman–Crippen LogP) is 3.87. The van der Waals surface area contributed by atoms with E-state index in [1.54, 1.807) is 68.8 Å². The fourth-order valence-corrected chi connectivity index (χ4v) is 4.94. The summed E-state index contributed by atoms with van der Waals surface area (Å²) in [6.07, 6.45) is 3.03. The van der Waals surface area contributed by atoms with E-state index in [1.165, 1.54) is 11.1 Å². The Morgan fingerprint density at radius 1 is 0.857 bits per heavy atom. The van der Waals surface area contributed by atoms with E-state index in [4.69, 9.17) is 9.47 Å². The average molecular weight is 471 g/mol. The van der Waals surface area contributed by atoms with Gasteiger partial charge >= 0.3 is 6.03 Å². The summed E-state index contributed by atoms with van der Waals surface area (Å²) < 4.78 is 10.5. The molecule has 0 atom stereocenters. The normalized spacial score (nSPS) is 16.1. The second-order valence-electron chi connectivity index (χ2n) is 8.79. The Hall–Kier alpha value is -4.13. The fraction of sp³-hybridized carbons (Fsp3) is 0.250. The SMILES string of the molecule is COc1ccc(C2(c3ccc(OC)cc3)NC(=O)N(CC(=O)c3ccc4c(c3)CCC4)C2=O)cc1. The van der Waals surface area contributed by atoms with Gasteiger partial charge in [0.2, 0.25) is 0 Å².